The summed E-state index contributed by atoms with van der Waals surface area (Å²) >= 11 is 1.67. The minimum atomic E-state index is 0.553. The number of aromatic nitrogens is 2. The molecule has 0 aliphatic heterocycles. The molecule has 0 fully saturated rings. The van der Waals surface area contributed by atoms with Gasteiger partial charge in [-0.15, -0.1) is 11.3 Å². The Labute approximate surface area is 98.3 Å². The van der Waals surface area contributed by atoms with E-state index in [2.05, 4.69) is 15.3 Å². The van der Waals surface area contributed by atoms with Crippen molar-refractivity contribution < 1.29 is 4.74 Å². The molecule has 84 valence electrons. The Morgan fingerprint density at radius 2 is 2.31 bits per heavy atom. The lowest BCUT2D eigenvalue weighted by Crippen LogP contribution is -2.07. The van der Waals surface area contributed by atoms with Crippen molar-refractivity contribution in [1.82, 2.24) is 15.3 Å². The normalized spacial score (nSPS) is 10.3. The highest BCUT2D eigenvalue weighted by Crippen LogP contribution is 2.12. The van der Waals surface area contributed by atoms with Gasteiger partial charge in [0.05, 0.1) is 18.1 Å². The maximum atomic E-state index is 5.50. The molecule has 0 aromatic carbocycles. The number of thiophene rings is 1. The van der Waals surface area contributed by atoms with Crippen LogP contribution in [0, 0.1) is 0 Å². The van der Waals surface area contributed by atoms with Gasteiger partial charge in [0.1, 0.15) is 6.61 Å². The molecule has 0 saturated carbocycles. The zero-order valence-electron chi connectivity index (χ0n) is 9.01. The van der Waals surface area contributed by atoms with Crippen LogP contribution in [0.25, 0.3) is 0 Å². The van der Waals surface area contributed by atoms with Crippen molar-refractivity contribution in [2.45, 2.75) is 13.2 Å². The summed E-state index contributed by atoms with van der Waals surface area (Å²) in [6.45, 7) is 1.27. The predicted octanol–water partition coefficient (Wildman–Crippen LogP) is 1.84. The molecule has 0 saturated heterocycles. The molecule has 0 aliphatic rings. The monoisotopic (exact) mass is 235 g/mol. The van der Waals surface area contributed by atoms with Gasteiger partial charge in [-0.1, -0.05) is 6.07 Å². The third kappa shape index (κ3) is 3.01. The Bertz CT molecular complexity index is 413. The topological polar surface area (TPSA) is 47.0 Å². The summed E-state index contributed by atoms with van der Waals surface area (Å²) in [7, 11) is 1.88. The van der Waals surface area contributed by atoms with Gasteiger partial charge < -0.3 is 10.1 Å². The van der Waals surface area contributed by atoms with E-state index in [-0.39, 0.29) is 0 Å². The molecular formula is C11H13N3OS. The first-order valence-corrected chi connectivity index (χ1v) is 5.87. The highest BCUT2D eigenvalue weighted by molar-refractivity contribution is 7.09. The van der Waals surface area contributed by atoms with Crippen LogP contribution in [0.5, 0.6) is 5.88 Å². The van der Waals surface area contributed by atoms with E-state index >= 15 is 0 Å². The van der Waals surface area contributed by atoms with Crippen molar-refractivity contribution in [3.8, 4) is 5.88 Å². The third-order valence-electron chi connectivity index (χ3n) is 1.98. The lowest BCUT2D eigenvalue weighted by molar-refractivity contribution is 0.295. The number of nitrogens with zero attached hydrogens (tertiary/aromatic N) is 2. The van der Waals surface area contributed by atoms with Crippen LogP contribution >= 0.6 is 11.3 Å². The van der Waals surface area contributed by atoms with E-state index in [1.807, 2.05) is 24.6 Å². The summed E-state index contributed by atoms with van der Waals surface area (Å²) in [4.78, 5) is 9.58. The maximum Gasteiger partial charge on any atom is 0.232 e. The van der Waals surface area contributed by atoms with Gasteiger partial charge in [-0.25, -0.2) is 4.98 Å². The van der Waals surface area contributed by atoms with Gasteiger partial charge in [0.25, 0.3) is 0 Å². The maximum absolute atomic E-state index is 5.50. The molecule has 2 heterocycles. The molecule has 2 aromatic heterocycles. The number of hydrogen-bond donors (Lipinski definition) is 1. The van der Waals surface area contributed by atoms with Crippen LogP contribution in [0.2, 0.25) is 0 Å². The Balaban J connectivity index is 1.90. The van der Waals surface area contributed by atoms with Crippen molar-refractivity contribution in [1.29, 1.82) is 0 Å². The second-order valence-electron chi connectivity index (χ2n) is 3.24. The Hall–Kier alpha value is -1.46. The zero-order valence-corrected chi connectivity index (χ0v) is 9.83. The van der Waals surface area contributed by atoms with Gasteiger partial charge >= 0.3 is 0 Å². The van der Waals surface area contributed by atoms with E-state index in [1.54, 1.807) is 23.7 Å². The molecular weight excluding hydrogens is 222 g/mol. The standard InChI is InChI=1S/C11H13N3OS/c1-12-5-9-6-14-11(7-13-9)15-8-10-3-2-4-16-10/h2-4,6-7,12H,5,8H2,1H3. The zero-order chi connectivity index (χ0) is 11.2. The molecule has 0 bridgehead atoms. The predicted molar refractivity (Wildman–Crippen MR) is 63.4 cm³/mol. The Kier molecular flexibility index (Phi) is 3.85. The molecule has 4 nitrogen and oxygen atoms in total. The van der Waals surface area contributed by atoms with Gasteiger partial charge in [0.2, 0.25) is 5.88 Å². The first kappa shape index (κ1) is 11.0. The molecule has 0 amide bonds. The second kappa shape index (κ2) is 5.58. The quantitative estimate of drug-likeness (QED) is 0.859. The number of nitrogens with one attached hydrogen (secondary N) is 1. The third-order valence-corrected chi connectivity index (χ3v) is 2.83. The summed E-state index contributed by atoms with van der Waals surface area (Å²) in [6, 6.07) is 4.04. The van der Waals surface area contributed by atoms with Gasteiger partial charge in [0, 0.05) is 11.4 Å². The van der Waals surface area contributed by atoms with Crippen LogP contribution in [0.4, 0.5) is 0 Å². The van der Waals surface area contributed by atoms with Crippen LogP contribution in [-0.2, 0) is 13.2 Å². The molecule has 0 aliphatic carbocycles. The largest absolute Gasteiger partial charge is 0.471 e. The fourth-order valence-corrected chi connectivity index (χ4v) is 1.85. The molecule has 0 unspecified atom stereocenters. The Morgan fingerprint density at radius 1 is 1.38 bits per heavy atom. The van der Waals surface area contributed by atoms with Crippen molar-refractivity contribution in [3.05, 3.63) is 40.5 Å². The Morgan fingerprint density at radius 3 is 2.94 bits per heavy atom. The van der Waals surface area contributed by atoms with Gasteiger partial charge in [-0.05, 0) is 18.5 Å². The van der Waals surface area contributed by atoms with Crippen molar-refractivity contribution >= 4 is 11.3 Å². The molecule has 5 heteroatoms. The first-order valence-electron chi connectivity index (χ1n) is 4.99. The van der Waals surface area contributed by atoms with Gasteiger partial charge in [-0.3, -0.25) is 4.98 Å². The summed E-state index contributed by atoms with van der Waals surface area (Å²) in [5.74, 6) is 0.563. The van der Waals surface area contributed by atoms with Crippen molar-refractivity contribution in [2.75, 3.05) is 7.05 Å². The van der Waals surface area contributed by atoms with E-state index in [1.165, 1.54) is 4.88 Å². The number of rotatable bonds is 5. The van der Waals surface area contributed by atoms with Crippen LogP contribution in [0.15, 0.2) is 29.9 Å². The highest BCUT2D eigenvalue weighted by atomic mass is 32.1. The van der Waals surface area contributed by atoms with E-state index in [4.69, 9.17) is 4.74 Å². The van der Waals surface area contributed by atoms with E-state index in [0.717, 1.165) is 12.2 Å². The van der Waals surface area contributed by atoms with Crippen molar-refractivity contribution in [2.24, 2.45) is 0 Å². The average Bonchev–Trinajstić information content (AvgIpc) is 2.82. The summed E-state index contributed by atoms with van der Waals surface area (Å²) in [5, 5.41) is 5.04. The van der Waals surface area contributed by atoms with Gasteiger partial charge in [-0.2, -0.15) is 0 Å². The van der Waals surface area contributed by atoms with E-state index in [0.29, 0.717) is 12.5 Å². The molecule has 0 radical (unpaired) electrons. The molecule has 16 heavy (non-hydrogen) atoms. The van der Waals surface area contributed by atoms with Crippen LogP contribution in [0.1, 0.15) is 10.6 Å². The molecule has 0 atom stereocenters. The van der Waals surface area contributed by atoms with Gasteiger partial charge in [0.15, 0.2) is 0 Å². The van der Waals surface area contributed by atoms with Crippen molar-refractivity contribution in [3.63, 3.8) is 0 Å². The second-order valence-corrected chi connectivity index (χ2v) is 4.28. The lowest BCUT2D eigenvalue weighted by Gasteiger charge is -2.03. The number of ether oxygens (including phenoxy) is 1. The SMILES string of the molecule is CNCc1cnc(OCc2cccs2)cn1. The molecule has 2 rings (SSSR count). The fraction of sp³-hybridized carbons (Fsp3) is 0.273. The molecule has 2 aromatic rings. The van der Waals surface area contributed by atoms with E-state index < -0.39 is 0 Å². The first-order chi connectivity index (χ1) is 7.88. The lowest BCUT2D eigenvalue weighted by atomic mass is 10.4. The van der Waals surface area contributed by atoms with Crippen LogP contribution < -0.4 is 10.1 Å². The minimum Gasteiger partial charge on any atom is -0.471 e. The summed E-state index contributed by atoms with van der Waals surface area (Å²) in [6.07, 6.45) is 3.38. The van der Waals surface area contributed by atoms with Crippen LogP contribution in [0.3, 0.4) is 0 Å². The molecule has 0 spiro atoms. The number of hydrogen-bond acceptors (Lipinski definition) is 5. The minimum absolute atomic E-state index is 0.553. The average molecular weight is 235 g/mol. The fourth-order valence-electron chi connectivity index (χ4n) is 1.23. The summed E-state index contributed by atoms with van der Waals surface area (Å²) < 4.78 is 5.50. The summed E-state index contributed by atoms with van der Waals surface area (Å²) in [5.41, 5.74) is 0.908. The van der Waals surface area contributed by atoms with Crippen LogP contribution in [-0.4, -0.2) is 17.0 Å². The molecule has 1 N–H and O–H groups in total. The van der Waals surface area contributed by atoms with E-state index in [9.17, 15) is 0 Å². The highest BCUT2D eigenvalue weighted by Gasteiger charge is 1.99. The smallest absolute Gasteiger partial charge is 0.232 e.